The van der Waals surface area contributed by atoms with Crippen LogP contribution in [0.3, 0.4) is 0 Å². The molecule has 2 heterocycles. The van der Waals surface area contributed by atoms with Crippen molar-refractivity contribution < 1.29 is 9.53 Å². The molecular formula is C11H17N3O2S. The molecular weight excluding hydrogens is 238 g/mol. The Morgan fingerprint density at radius 3 is 3.18 bits per heavy atom. The smallest absolute Gasteiger partial charge is 0.265 e. The van der Waals surface area contributed by atoms with E-state index in [1.165, 1.54) is 11.3 Å². The van der Waals surface area contributed by atoms with Gasteiger partial charge in [0.25, 0.3) is 5.91 Å². The number of aryl methyl sites for hydroxylation is 1. The molecule has 1 aliphatic heterocycles. The molecule has 17 heavy (non-hydrogen) atoms. The van der Waals surface area contributed by atoms with Crippen molar-refractivity contribution >= 4 is 17.2 Å². The lowest BCUT2D eigenvalue weighted by molar-refractivity contribution is 0.0105. The van der Waals surface area contributed by atoms with Crippen LogP contribution in [0.2, 0.25) is 0 Å². The second-order valence-corrected chi connectivity index (χ2v) is 5.36. The molecule has 1 aromatic rings. The van der Waals surface area contributed by atoms with Crippen molar-refractivity contribution in [3.05, 3.63) is 16.1 Å². The monoisotopic (exact) mass is 255 g/mol. The Bertz CT molecular complexity index is 388. The Morgan fingerprint density at radius 2 is 2.59 bits per heavy atom. The number of nitrogens with one attached hydrogen (secondary N) is 1. The van der Waals surface area contributed by atoms with Crippen molar-refractivity contribution in [3.8, 4) is 0 Å². The van der Waals surface area contributed by atoms with E-state index in [0.29, 0.717) is 18.0 Å². The molecule has 1 aliphatic rings. The van der Waals surface area contributed by atoms with E-state index in [2.05, 4.69) is 10.3 Å². The lowest BCUT2D eigenvalue weighted by atomic mass is 10.3. The minimum atomic E-state index is 0.0183. The highest BCUT2D eigenvalue weighted by atomic mass is 32.1. The maximum absolute atomic E-state index is 12.1. The summed E-state index contributed by atoms with van der Waals surface area (Å²) in [5.41, 5.74) is 0. The van der Waals surface area contributed by atoms with E-state index in [1.807, 2.05) is 6.92 Å². The molecule has 0 bridgehead atoms. The van der Waals surface area contributed by atoms with Crippen molar-refractivity contribution in [1.29, 1.82) is 0 Å². The van der Waals surface area contributed by atoms with Crippen molar-refractivity contribution in [3.63, 3.8) is 0 Å². The number of morpholine rings is 1. The van der Waals surface area contributed by atoms with Gasteiger partial charge in [-0.3, -0.25) is 4.79 Å². The Morgan fingerprint density at radius 1 is 1.76 bits per heavy atom. The molecule has 1 aromatic heterocycles. The number of amides is 1. The van der Waals surface area contributed by atoms with E-state index in [9.17, 15) is 4.79 Å². The topological polar surface area (TPSA) is 54.5 Å². The predicted molar refractivity (Wildman–Crippen MR) is 66.4 cm³/mol. The van der Waals surface area contributed by atoms with Gasteiger partial charge in [-0.05, 0) is 6.92 Å². The molecule has 1 saturated heterocycles. The average molecular weight is 255 g/mol. The zero-order chi connectivity index (χ0) is 12.3. The summed E-state index contributed by atoms with van der Waals surface area (Å²) in [5.74, 6) is 0.0183. The quantitative estimate of drug-likeness (QED) is 0.855. The number of carbonyl (C=O) groups excluding carboxylic acids is 1. The molecule has 94 valence electrons. The van der Waals surface area contributed by atoms with Crippen molar-refractivity contribution in [2.75, 3.05) is 33.3 Å². The van der Waals surface area contributed by atoms with Crippen LogP contribution in [0, 0.1) is 6.92 Å². The normalized spacial score (nSPS) is 20.2. The van der Waals surface area contributed by atoms with Crippen molar-refractivity contribution in [2.45, 2.75) is 13.0 Å². The number of nitrogens with zero attached hydrogens (tertiary/aromatic N) is 2. The number of hydrogen-bond donors (Lipinski definition) is 1. The molecule has 1 amide bonds. The van der Waals surface area contributed by atoms with Gasteiger partial charge in [0, 0.05) is 26.7 Å². The van der Waals surface area contributed by atoms with Crippen LogP contribution in [-0.4, -0.2) is 55.2 Å². The fourth-order valence-electron chi connectivity index (χ4n) is 1.77. The largest absolute Gasteiger partial charge is 0.374 e. The highest BCUT2D eigenvalue weighted by Gasteiger charge is 2.20. The molecule has 1 fully saturated rings. The van der Waals surface area contributed by atoms with Gasteiger partial charge in [0.2, 0.25) is 0 Å². The van der Waals surface area contributed by atoms with Crippen LogP contribution in [0.5, 0.6) is 0 Å². The maximum atomic E-state index is 12.1. The second kappa shape index (κ2) is 5.57. The van der Waals surface area contributed by atoms with E-state index in [1.54, 1.807) is 18.1 Å². The highest BCUT2D eigenvalue weighted by molar-refractivity contribution is 7.13. The number of thiazole rings is 1. The standard InChI is InChI=1S/C11H17N3O2S/c1-8-13-6-10(17-8)11(15)14(2)7-9-5-12-3-4-16-9/h6,9,12H,3-5,7H2,1-2H3. The third kappa shape index (κ3) is 3.24. The first-order valence-corrected chi connectivity index (χ1v) is 6.48. The van der Waals surface area contributed by atoms with Gasteiger partial charge in [-0.25, -0.2) is 4.98 Å². The molecule has 1 N–H and O–H groups in total. The summed E-state index contributed by atoms with van der Waals surface area (Å²) in [6, 6.07) is 0. The number of rotatable bonds is 3. The van der Waals surface area contributed by atoms with Crippen molar-refractivity contribution in [1.82, 2.24) is 15.2 Å². The minimum absolute atomic E-state index is 0.0183. The van der Waals surface area contributed by atoms with E-state index in [0.717, 1.165) is 18.1 Å². The van der Waals surface area contributed by atoms with Crippen LogP contribution < -0.4 is 5.32 Å². The predicted octanol–water partition coefficient (Wildman–Crippen LogP) is 0.512. The molecule has 0 saturated carbocycles. The van der Waals surface area contributed by atoms with Gasteiger partial charge in [0.15, 0.2) is 0 Å². The molecule has 0 radical (unpaired) electrons. The first-order valence-electron chi connectivity index (χ1n) is 5.67. The summed E-state index contributed by atoms with van der Waals surface area (Å²) in [6.07, 6.45) is 1.73. The number of carbonyl (C=O) groups is 1. The Hall–Kier alpha value is -0.980. The van der Waals surface area contributed by atoms with Gasteiger partial charge in [-0.2, -0.15) is 0 Å². The zero-order valence-electron chi connectivity index (χ0n) is 10.1. The van der Waals surface area contributed by atoms with Crippen LogP contribution >= 0.6 is 11.3 Å². The SMILES string of the molecule is Cc1ncc(C(=O)N(C)CC2CNCCO2)s1. The molecule has 5 nitrogen and oxygen atoms in total. The summed E-state index contributed by atoms with van der Waals surface area (Å²) in [7, 11) is 1.80. The average Bonchev–Trinajstić information content (AvgIpc) is 2.76. The molecule has 0 aliphatic carbocycles. The molecule has 0 spiro atoms. The van der Waals surface area contributed by atoms with Crippen LogP contribution in [0.15, 0.2) is 6.20 Å². The van der Waals surface area contributed by atoms with Gasteiger partial charge in [0.05, 0.1) is 23.9 Å². The third-order valence-electron chi connectivity index (χ3n) is 2.66. The molecule has 2 rings (SSSR count). The maximum Gasteiger partial charge on any atom is 0.265 e. The van der Waals surface area contributed by atoms with Crippen LogP contribution in [-0.2, 0) is 4.74 Å². The second-order valence-electron chi connectivity index (χ2n) is 4.13. The third-order valence-corrected chi connectivity index (χ3v) is 3.56. The summed E-state index contributed by atoms with van der Waals surface area (Å²) in [6.45, 7) is 4.92. The van der Waals surface area contributed by atoms with E-state index < -0.39 is 0 Å². The van der Waals surface area contributed by atoms with Gasteiger partial charge < -0.3 is 15.0 Å². The Kier molecular flexibility index (Phi) is 4.09. The summed E-state index contributed by atoms with van der Waals surface area (Å²) >= 11 is 1.43. The molecule has 1 atom stereocenters. The zero-order valence-corrected chi connectivity index (χ0v) is 10.9. The molecule has 6 heteroatoms. The molecule has 1 unspecified atom stereocenters. The van der Waals surface area contributed by atoms with Gasteiger partial charge in [-0.15, -0.1) is 11.3 Å². The van der Waals surface area contributed by atoms with E-state index in [4.69, 9.17) is 4.74 Å². The van der Waals surface area contributed by atoms with Crippen LogP contribution in [0.4, 0.5) is 0 Å². The van der Waals surface area contributed by atoms with Crippen LogP contribution in [0.25, 0.3) is 0 Å². The minimum Gasteiger partial charge on any atom is -0.374 e. The van der Waals surface area contributed by atoms with E-state index >= 15 is 0 Å². The Labute approximate surface area is 105 Å². The fraction of sp³-hybridized carbons (Fsp3) is 0.636. The summed E-state index contributed by atoms with van der Waals surface area (Å²) < 4.78 is 5.57. The highest BCUT2D eigenvalue weighted by Crippen LogP contribution is 2.14. The van der Waals surface area contributed by atoms with Crippen LogP contribution in [0.1, 0.15) is 14.7 Å². The number of ether oxygens (including phenoxy) is 1. The summed E-state index contributed by atoms with van der Waals surface area (Å²) in [4.78, 5) is 18.5. The lowest BCUT2D eigenvalue weighted by Crippen LogP contribution is -2.45. The van der Waals surface area contributed by atoms with Crippen molar-refractivity contribution in [2.24, 2.45) is 0 Å². The lowest BCUT2D eigenvalue weighted by Gasteiger charge is -2.27. The van der Waals surface area contributed by atoms with E-state index in [-0.39, 0.29) is 12.0 Å². The molecule has 0 aromatic carbocycles. The van der Waals surface area contributed by atoms with Gasteiger partial charge in [-0.1, -0.05) is 0 Å². The number of hydrogen-bond acceptors (Lipinski definition) is 5. The Balaban J connectivity index is 1.90. The van der Waals surface area contributed by atoms with Gasteiger partial charge >= 0.3 is 0 Å². The first-order chi connectivity index (χ1) is 8.16. The number of aromatic nitrogens is 1. The fourth-order valence-corrected chi connectivity index (χ4v) is 2.55. The van der Waals surface area contributed by atoms with Gasteiger partial charge in [0.1, 0.15) is 4.88 Å². The number of likely N-dealkylation sites (N-methyl/N-ethyl adjacent to an activating group) is 1. The first kappa shape index (κ1) is 12.5. The summed E-state index contributed by atoms with van der Waals surface area (Å²) in [5, 5.41) is 4.16.